The zero-order valence-corrected chi connectivity index (χ0v) is 10.6. The Morgan fingerprint density at radius 2 is 1.71 bits per heavy atom. The smallest absolute Gasteiger partial charge is 0.200 e. The number of benzene rings is 1. The van der Waals surface area contributed by atoms with Gasteiger partial charge in [0, 0.05) is 6.61 Å². The maximum Gasteiger partial charge on any atom is 0.200 e. The van der Waals surface area contributed by atoms with Gasteiger partial charge in [0.1, 0.15) is 0 Å². The van der Waals surface area contributed by atoms with E-state index < -0.39 is 0 Å². The van der Waals surface area contributed by atoms with Crippen LogP contribution in [0.2, 0.25) is 0 Å². The van der Waals surface area contributed by atoms with Gasteiger partial charge in [-0.2, -0.15) is 0 Å². The van der Waals surface area contributed by atoms with Crippen molar-refractivity contribution >= 4 is 0 Å². The van der Waals surface area contributed by atoms with E-state index in [4.69, 9.17) is 14.6 Å². The van der Waals surface area contributed by atoms with Crippen molar-refractivity contribution in [1.29, 1.82) is 0 Å². The second-order valence-corrected chi connectivity index (χ2v) is 4.04. The molecule has 1 aromatic rings. The Morgan fingerprint density at radius 1 is 1.18 bits per heavy atom. The Morgan fingerprint density at radius 3 is 2.12 bits per heavy atom. The standard InChI is InChI=1S/C13H20O4/c1-9(5-4-6-14)10-7-11(16-2)13(15)12(8-10)17-3/h7-9,14-15H,4-6H2,1-3H3. The van der Waals surface area contributed by atoms with Crippen molar-refractivity contribution in [2.45, 2.75) is 25.7 Å². The zero-order chi connectivity index (χ0) is 12.8. The monoisotopic (exact) mass is 240 g/mol. The number of ether oxygens (including phenoxy) is 2. The number of aromatic hydroxyl groups is 1. The van der Waals surface area contributed by atoms with Gasteiger partial charge < -0.3 is 19.7 Å². The molecule has 1 atom stereocenters. The number of phenols is 1. The van der Waals surface area contributed by atoms with Crippen LogP contribution in [0.1, 0.15) is 31.2 Å². The maximum absolute atomic E-state index is 9.78. The molecule has 0 fully saturated rings. The van der Waals surface area contributed by atoms with Gasteiger partial charge in [-0.3, -0.25) is 0 Å². The van der Waals surface area contributed by atoms with Crippen LogP contribution in [0.15, 0.2) is 12.1 Å². The molecule has 0 spiro atoms. The first-order valence-electron chi connectivity index (χ1n) is 5.69. The number of phenolic OH excluding ortho intramolecular Hbond substituents is 1. The van der Waals surface area contributed by atoms with Gasteiger partial charge in [0.05, 0.1) is 14.2 Å². The summed E-state index contributed by atoms with van der Waals surface area (Å²) >= 11 is 0. The Kier molecular flexibility index (Phi) is 5.10. The van der Waals surface area contributed by atoms with Gasteiger partial charge in [-0.25, -0.2) is 0 Å². The van der Waals surface area contributed by atoms with Crippen molar-refractivity contribution in [1.82, 2.24) is 0 Å². The minimum atomic E-state index is 0.0214. The van der Waals surface area contributed by atoms with Crippen LogP contribution < -0.4 is 9.47 Å². The molecule has 1 aromatic carbocycles. The summed E-state index contributed by atoms with van der Waals surface area (Å²) in [5.41, 5.74) is 1.03. The van der Waals surface area contributed by atoms with Gasteiger partial charge in [0.25, 0.3) is 0 Å². The molecule has 0 radical (unpaired) electrons. The molecule has 1 rings (SSSR count). The van der Waals surface area contributed by atoms with Gasteiger partial charge >= 0.3 is 0 Å². The number of hydrogen-bond donors (Lipinski definition) is 2. The highest BCUT2D eigenvalue weighted by atomic mass is 16.5. The number of rotatable bonds is 6. The minimum absolute atomic E-state index is 0.0214. The summed E-state index contributed by atoms with van der Waals surface area (Å²) in [6.07, 6.45) is 1.64. The Hall–Kier alpha value is -1.42. The predicted molar refractivity (Wildman–Crippen MR) is 65.9 cm³/mol. The summed E-state index contributed by atoms with van der Waals surface area (Å²) in [4.78, 5) is 0. The normalized spacial score (nSPS) is 12.2. The number of aliphatic hydroxyl groups excluding tert-OH is 1. The van der Waals surface area contributed by atoms with Crippen molar-refractivity contribution in [3.05, 3.63) is 17.7 Å². The van der Waals surface area contributed by atoms with Crippen molar-refractivity contribution in [2.24, 2.45) is 0 Å². The fourth-order valence-corrected chi connectivity index (χ4v) is 1.76. The highest BCUT2D eigenvalue weighted by Crippen LogP contribution is 2.39. The van der Waals surface area contributed by atoms with E-state index in [0.29, 0.717) is 11.5 Å². The lowest BCUT2D eigenvalue weighted by atomic mass is 9.95. The summed E-state index contributed by atoms with van der Waals surface area (Å²) in [5.74, 6) is 1.13. The quantitative estimate of drug-likeness (QED) is 0.801. The average molecular weight is 240 g/mol. The minimum Gasteiger partial charge on any atom is -0.502 e. The summed E-state index contributed by atoms with van der Waals surface area (Å²) < 4.78 is 10.2. The largest absolute Gasteiger partial charge is 0.502 e. The van der Waals surface area contributed by atoms with E-state index >= 15 is 0 Å². The second kappa shape index (κ2) is 6.35. The van der Waals surface area contributed by atoms with Crippen LogP contribution >= 0.6 is 0 Å². The summed E-state index contributed by atoms with van der Waals surface area (Å²) in [6, 6.07) is 3.61. The molecule has 4 heteroatoms. The van der Waals surface area contributed by atoms with Gasteiger partial charge in [-0.15, -0.1) is 0 Å². The van der Waals surface area contributed by atoms with Crippen molar-refractivity contribution in [3.8, 4) is 17.2 Å². The lowest BCUT2D eigenvalue weighted by Gasteiger charge is -2.15. The third-order valence-electron chi connectivity index (χ3n) is 2.87. The van der Waals surface area contributed by atoms with E-state index in [1.807, 2.05) is 0 Å². The first-order chi connectivity index (χ1) is 8.13. The van der Waals surface area contributed by atoms with Crippen molar-refractivity contribution in [3.63, 3.8) is 0 Å². The summed E-state index contributed by atoms with van der Waals surface area (Å²) in [6.45, 7) is 2.26. The highest BCUT2D eigenvalue weighted by molar-refractivity contribution is 5.53. The van der Waals surface area contributed by atoms with E-state index in [0.717, 1.165) is 18.4 Å². The molecule has 4 nitrogen and oxygen atoms in total. The van der Waals surface area contributed by atoms with Gasteiger partial charge in [0.2, 0.25) is 5.75 Å². The zero-order valence-electron chi connectivity index (χ0n) is 10.6. The van der Waals surface area contributed by atoms with Crippen molar-refractivity contribution < 1.29 is 19.7 Å². The fourth-order valence-electron chi connectivity index (χ4n) is 1.76. The van der Waals surface area contributed by atoms with E-state index in [9.17, 15) is 5.11 Å². The molecule has 0 saturated heterocycles. The SMILES string of the molecule is COc1cc(C(C)CCCO)cc(OC)c1O. The predicted octanol–water partition coefficient (Wildman–Crippen LogP) is 2.29. The Labute approximate surface area is 102 Å². The highest BCUT2D eigenvalue weighted by Gasteiger charge is 2.14. The maximum atomic E-state index is 9.78. The first-order valence-corrected chi connectivity index (χ1v) is 5.69. The summed E-state index contributed by atoms with van der Waals surface area (Å²) in [5, 5.41) is 18.6. The first kappa shape index (κ1) is 13.6. The molecule has 96 valence electrons. The van der Waals surface area contributed by atoms with Crippen LogP contribution in [0.5, 0.6) is 17.2 Å². The number of hydrogen-bond acceptors (Lipinski definition) is 4. The molecule has 0 bridgehead atoms. The lowest BCUT2D eigenvalue weighted by molar-refractivity contribution is 0.280. The van der Waals surface area contributed by atoms with Gasteiger partial charge in [-0.1, -0.05) is 6.92 Å². The van der Waals surface area contributed by atoms with Gasteiger partial charge in [-0.05, 0) is 36.5 Å². The average Bonchev–Trinajstić information content (AvgIpc) is 2.36. The third kappa shape index (κ3) is 3.27. The molecule has 0 aliphatic heterocycles. The topological polar surface area (TPSA) is 58.9 Å². The fraction of sp³-hybridized carbons (Fsp3) is 0.538. The molecule has 2 N–H and O–H groups in total. The van der Waals surface area contributed by atoms with Crippen molar-refractivity contribution in [2.75, 3.05) is 20.8 Å². The summed E-state index contributed by atoms with van der Waals surface area (Å²) in [7, 11) is 3.02. The Bertz CT molecular complexity index is 337. The van der Waals surface area contributed by atoms with E-state index in [1.165, 1.54) is 14.2 Å². The van der Waals surface area contributed by atoms with Crippen LogP contribution in [0, 0.1) is 0 Å². The van der Waals surface area contributed by atoms with E-state index in [-0.39, 0.29) is 18.3 Å². The second-order valence-electron chi connectivity index (χ2n) is 4.04. The van der Waals surface area contributed by atoms with E-state index in [2.05, 4.69) is 6.92 Å². The van der Waals surface area contributed by atoms with Gasteiger partial charge in [0.15, 0.2) is 11.5 Å². The number of aliphatic hydroxyl groups is 1. The molecular weight excluding hydrogens is 220 g/mol. The molecule has 0 heterocycles. The van der Waals surface area contributed by atoms with Crippen LogP contribution in [0.3, 0.4) is 0 Å². The van der Waals surface area contributed by atoms with Crippen LogP contribution in [0.25, 0.3) is 0 Å². The molecule has 17 heavy (non-hydrogen) atoms. The van der Waals surface area contributed by atoms with Crippen LogP contribution in [-0.2, 0) is 0 Å². The molecule has 1 unspecified atom stereocenters. The molecule has 0 aliphatic carbocycles. The van der Waals surface area contributed by atoms with E-state index in [1.54, 1.807) is 12.1 Å². The number of methoxy groups -OCH3 is 2. The Balaban J connectivity index is 2.99. The molecule has 0 amide bonds. The lowest BCUT2D eigenvalue weighted by Crippen LogP contribution is -1.98. The third-order valence-corrected chi connectivity index (χ3v) is 2.87. The molecule has 0 aliphatic rings. The van der Waals surface area contributed by atoms with Crippen LogP contribution in [-0.4, -0.2) is 31.0 Å². The molecule has 0 aromatic heterocycles. The molecule has 0 saturated carbocycles. The van der Waals surface area contributed by atoms with Crippen LogP contribution in [0.4, 0.5) is 0 Å². The molecular formula is C13H20O4.